The van der Waals surface area contributed by atoms with Gasteiger partial charge in [0.25, 0.3) is 5.91 Å². The maximum absolute atomic E-state index is 13.4. The number of fused-ring (bicyclic) bond motifs is 6. The van der Waals surface area contributed by atoms with Gasteiger partial charge in [0.05, 0.1) is 24.3 Å². The van der Waals surface area contributed by atoms with E-state index in [1.54, 1.807) is 28.3 Å². The van der Waals surface area contributed by atoms with Gasteiger partial charge < -0.3 is 25.0 Å². The number of rotatable bonds is 5. The first-order chi connectivity index (χ1) is 25.0. The van der Waals surface area contributed by atoms with E-state index in [0.717, 1.165) is 40.9 Å². The van der Waals surface area contributed by atoms with Crippen molar-refractivity contribution in [3.63, 3.8) is 0 Å². The predicted octanol–water partition coefficient (Wildman–Crippen LogP) is 5.86. The van der Waals surface area contributed by atoms with Crippen LogP contribution in [0.1, 0.15) is 40.1 Å². The fourth-order valence-electron chi connectivity index (χ4n) is 5.56. The summed E-state index contributed by atoms with van der Waals surface area (Å²) in [4.78, 5) is 61.9. The maximum Gasteiger partial charge on any atom is 0.458 e. The predicted molar refractivity (Wildman–Crippen MR) is 175 cm³/mol. The number of Topliss-reactive ketones (excluding diaryl/α,β-unsaturated/α-hetero) is 2. The number of nitrogens with zero attached hydrogens (tertiary/aromatic N) is 6. The number of nitrogens with one attached hydrogen (secondary N) is 2. The Balaban J connectivity index is 0.000000390. The van der Waals surface area contributed by atoms with E-state index in [0.29, 0.717) is 49.3 Å². The largest absolute Gasteiger partial charge is 0.458 e. The first-order valence-electron chi connectivity index (χ1n) is 15.8. The van der Waals surface area contributed by atoms with Crippen molar-refractivity contribution in [2.24, 2.45) is 5.92 Å². The lowest BCUT2D eigenvalue weighted by Crippen LogP contribution is -2.43. The van der Waals surface area contributed by atoms with E-state index < -0.39 is 23.9 Å². The number of aryl methyl sites for hydroxylation is 2. The highest BCUT2D eigenvalue weighted by Gasteiger charge is 2.54. The third-order valence-corrected chi connectivity index (χ3v) is 8.51. The van der Waals surface area contributed by atoms with E-state index in [4.69, 9.17) is 16.1 Å². The van der Waals surface area contributed by atoms with E-state index in [9.17, 15) is 45.5 Å². The number of amides is 2. The number of carbonyl (C=O) groups excluding carboxylic acids is 4. The molecule has 0 aliphatic carbocycles. The van der Waals surface area contributed by atoms with Gasteiger partial charge in [0.15, 0.2) is 5.82 Å². The fraction of sp³-hybridized carbons (Fsp3) is 0.333. The Morgan fingerprint density at radius 2 is 1.62 bits per heavy atom. The lowest BCUT2D eigenvalue weighted by Gasteiger charge is -2.33. The Morgan fingerprint density at radius 3 is 2.26 bits per heavy atom. The quantitative estimate of drug-likeness (QED) is 0.185. The molecule has 13 nitrogen and oxygen atoms in total. The number of likely N-dealkylation sites (tertiary alicyclic amines) is 1. The molecule has 0 spiro atoms. The van der Waals surface area contributed by atoms with Gasteiger partial charge >= 0.3 is 23.9 Å². The molecule has 0 saturated carbocycles. The van der Waals surface area contributed by atoms with Crippen molar-refractivity contribution in [1.82, 2.24) is 29.9 Å². The minimum Gasteiger partial charge on any atom is -0.351 e. The first kappa shape index (κ1) is 38.6. The molecule has 0 unspecified atom stereocenters. The number of halogens is 7. The minimum atomic E-state index is -5.77. The molecule has 3 aromatic heterocycles. The zero-order chi connectivity index (χ0) is 38.5. The molecule has 6 bridgehead atoms. The standard InChI is InChI=1S/C29H29ClN8O3.C4F6O2/c1-37(27(39)19-7-10-38(11-8-19)28(40)25-6-9-33-41-25)17-21-4-5-22-13-20(21)3-2-18-12-23(15-31-14-18)35-29-32-16-24(30)26(34-22)36-29;5-3(6,7)1(11)2(12)4(8,9)10/h4-6,9,12-16,19H,2-3,7-8,10-11,17H2,1H3,(H2,32,34,35,36);. The summed E-state index contributed by atoms with van der Waals surface area (Å²) in [7, 11) is 1.84. The summed E-state index contributed by atoms with van der Waals surface area (Å²) >= 11 is 6.39. The Hall–Kier alpha value is -5.59. The number of anilines is 4. The van der Waals surface area contributed by atoms with Gasteiger partial charge in [-0.2, -0.15) is 31.3 Å². The number of carbonyl (C=O) groups is 4. The van der Waals surface area contributed by atoms with Crippen LogP contribution < -0.4 is 10.6 Å². The van der Waals surface area contributed by atoms with Crippen LogP contribution in [0.15, 0.2) is 59.6 Å². The molecule has 2 aliphatic rings. The minimum absolute atomic E-state index is 0.0825. The molecule has 53 heavy (non-hydrogen) atoms. The number of hydrogen-bond acceptors (Lipinski definition) is 11. The Bertz CT molecular complexity index is 1960. The molecule has 280 valence electrons. The summed E-state index contributed by atoms with van der Waals surface area (Å²) in [5, 5.41) is 10.5. The number of alkyl halides is 6. The summed E-state index contributed by atoms with van der Waals surface area (Å²) < 4.78 is 72.0. The van der Waals surface area contributed by atoms with Crippen LogP contribution in [0.5, 0.6) is 0 Å². The van der Waals surface area contributed by atoms with Gasteiger partial charge in [0.1, 0.15) is 5.02 Å². The van der Waals surface area contributed by atoms with E-state index in [-0.39, 0.29) is 23.5 Å². The Labute approximate surface area is 301 Å². The molecule has 0 radical (unpaired) electrons. The first-order valence-corrected chi connectivity index (χ1v) is 16.2. The van der Waals surface area contributed by atoms with Crippen molar-refractivity contribution < 1.29 is 50.0 Å². The number of benzene rings is 1. The van der Waals surface area contributed by atoms with Gasteiger partial charge in [-0.3, -0.25) is 24.2 Å². The van der Waals surface area contributed by atoms with Crippen molar-refractivity contribution in [3.8, 4) is 0 Å². The number of hydrogen-bond donors (Lipinski definition) is 2. The third-order valence-electron chi connectivity index (χ3n) is 8.23. The highest BCUT2D eigenvalue weighted by molar-refractivity contribution is 6.41. The summed E-state index contributed by atoms with van der Waals surface area (Å²) in [6.07, 6.45) is -2.19. The van der Waals surface area contributed by atoms with Crippen LogP contribution in [-0.4, -0.2) is 85.8 Å². The molecule has 1 fully saturated rings. The summed E-state index contributed by atoms with van der Waals surface area (Å²) in [6.45, 7) is 1.49. The molecule has 2 amide bonds. The van der Waals surface area contributed by atoms with E-state index in [1.165, 1.54) is 6.20 Å². The molecule has 1 aromatic carbocycles. The second-order valence-corrected chi connectivity index (χ2v) is 12.4. The molecule has 2 N–H and O–H groups in total. The zero-order valence-electron chi connectivity index (χ0n) is 27.6. The van der Waals surface area contributed by atoms with Crippen LogP contribution in [-0.2, 0) is 33.8 Å². The summed E-state index contributed by atoms with van der Waals surface area (Å²) in [5.74, 6) is -5.93. The van der Waals surface area contributed by atoms with Crippen LogP contribution in [0, 0.1) is 5.92 Å². The summed E-state index contributed by atoms with van der Waals surface area (Å²) in [5.41, 5.74) is 4.89. The molecule has 2 aliphatic heterocycles. The molecular formula is C33H29ClF6N8O5. The lowest BCUT2D eigenvalue weighted by atomic mass is 9.94. The Kier molecular flexibility index (Phi) is 11.6. The van der Waals surface area contributed by atoms with Crippen LogP contribution in [0.25, 0.3) is 0 Å². The van der Waals surface area contributed by atoms with E-state index in [2.05, 4.69) is 36.8 Å². The molecule has 1 saturated heterocycles. The van der Waals surface area contributed by atoms with Crippen molar-refractivity contribution in [1.29, 1.82) is 0 Å². The van der Waals surface area contributed by atoms with E-state index >= 15 is 0 Å². The van der Waals surface area contributed by atoms with Crippen LogP contribution >= 0.6 is 11.6 Å². The second-order valence-electron chi connectivity index (χ2n) is 12.0. The molecule has 0 atom stereocenters. The number of ketones is 2. The highest BCUT2D eigenvalue weighted by atomic mass is 35.5. The van der Waals surface area contributed by atoms with Crippen LogP contribution in [0.3, 0.4) is 0 Å². The average Bonchev–Trinajstić information content (AvgIpc) is 3.66. The topological polar surface area (TPSA) is 164 Å². The van der Waals surface area contributed by atoms with Gasteiger partial charge in [0, 0.05) is 50.6 Å². The monoisotopic (exact) mass is 766 g/mol. The van der Waals surface area contributed by atoms with Crippen molar-refractivity contribution in [2.75, 3.05) is 30.8 Å². The second kappa shape index (κ2) is 16.0. The highest BCUT2D eigenvalue weighted by Crippen LogP contribution is 2.29. The average molecular weight is 767 g/mol. The molecule has 5 heterocycles. The molecule has 6 rings (SSSR count). The van der Waals surface area contributed by atoms with Crippen molar-refractivity contribution in [2.45, 2.75) is 44.6 Å². The van der Waals surface area contributed by atoms with Crippen LogP contribution in [0.2, 0.25) is 5.02 Å². The smallest absolute Gasteiger partial charge is 0.351 e. The third kappa shape index (κ3) is 9.85. The van der Waals surface area contributed by atoms with Gasteiger partial charge in [-0.25, -0.2) is 4.98 Å². The van der Waals surface area contributed by atoms with Crippen LogP contribution in [0.4, 0.5) is 49.5 Å². The maximum atomic E-state index is 13.4. The zero-order valence-corrected chi connectivity index (χ0v) is 28.3. The van der Waals surface area contributed by atoms with Gasteiger partial charge in [0.2, 0.25) is 17.6 Å². The summed E-state index contributed by atoms with van der Waals surface area (Å²) in [6, 6.07) is 9.69. The van der Waals surface area contributed by atoms with E-state index in [1.807, 2.05) is 31.4 Å². The normalized spacial score (nSPS) is 14.5. The van der Waals surface area contributed by atoms with Gasteiger partial charge in [-0.1, -0.05) is 22.8 Å². The lowest BCUT2D eigenvalue weighted by molar-refractivity contribution is -0.193. The SMILES string of the molecule is CN(Cc1ccc2cc1CCc1cncc(c1)Nc1ncc(Cl)c(n1)N2)C(=O)C1CCN(C(=O)c2ccno2)CC1.O=C(C(=O)C(F)(F)F)C(F)(F)F. The molecular weight excluding hydrogens is 738 g/mol. The number of aromatic nitrogens is 4. The molecule has 20 heteroatoms. The van der Waals surface area contributed by atoms with Crippen molar-refractivity contribution >= 4 is 58.1 Å². The fourth-order valence-corrected chi connectivity index (χ4v) is 5.70. The van der Waals surface area contributed by atoms with Gasteiger partial charge in [-0.15, -0.1) is 0 Å². The Morgan fingerprint density at radius 1 is 0.925 bits per heavy atom. The number of pyridine rings is 1. The van der Waals surface area contributed by atoms with Gasteiger partial charge in [-0.05, 0) is 60.6 Å². The van der Waals surface area contributed by atoms with Crippen molar-refractivity contribution in [3.05, 3.63) is 82.6 Å². The number of piperidine rings is 1. The molecule has 4 aromatic rings.